The molecule has 0 fully saturated rings. The highest BCUT2D eigenvalue weighted by molar-refractivity contribution is 5.50. The largest absolute Gasteiger partial charge is 0.493 e. The van der Waals surface area contributed by atoms with Gasteiger partial charge in [0.05, 0.1) is 12.3 Å². The maximum absolute atomic E-state index is 5.89. The van der Waals surface area contributed by atoms with Crippen LogP contribution in [-0.4, -0.2) is 30.5 Å². The molecule has 0 spiro atoms. The smallest absolute Gasteiger partial charge is 0.130 e. The van der Waals surface area contributed by atoms with E-state index in [0.717, 1.165) is 31.7 Å². The van der Waals surface area contributed by atoms with Crippen molar-refractivity contribution in [3.8, 4) is 5.75 Å². The normalized spacial score (nSPS) is 17.1. The first-order valence-electron chi connectivity index (χ1n) is 9.17. The number of para-hydroxylation sites is 1. The van der Waals surface area contributed by atoms with Gasteiger partial charge in [0.2, 0.25) is 0 Å². The van der Waals surface area contributed by atoms with Gasteiger partial charge in [-0.15, -0.1) is 0 Å². The lowest BCUT2D eigenvalue weighted by molar-refractivity contribution is 0.315. The van der Waals surface area contributed by atoms with Crippen molar-refractivity contribution < 1.29 is 4.74 Å². The Balaban J connectivity index is 1.87. The summed E-state index contributed by atoms with van der Waals surface area (Å²) in [5.41, 5.74) is 3.74. The monoisotopic (exact) mass is 342 g/mol. The van der Waals surface area contributed by atoms with Gasteiger partial charge < -0.3 is 15.0 Å². The zero-order valence-corrected chi connectivity index (χ0v) is 16.0. The highest BCUT2D eigenvalue weighted by Crippen LogP contribution is 2.33. The Morgan fingerprint density at radius 1 is 1.32 bits per heavy atom. The summed E-state index contributed by atoms with van der Waals surface area (Å²) in [4.78, 5) is 2.15. The number of hydrogen-bond donors (Lipinski definition) is 1. The van der Waals surface area contributed by atoms with Crippen molar-refractivity contribution in [2.75, 3.05) is 25.6 Å². The summed E-state index contributed by atoms with van der Waals surface area (Å²) in [6.45, 7) is 6.02. The summed E-state index contributed by atoms with van der Waals surface area (Å²) in [6, 6.07) is 8.71. The lowest BCUT2D eigenvalue weighted by Crippen LogP contribution is -2.23. The number of ether oxygens (including phenoxy) is 1. The van der Waals surface area contributed by atoms with Crippen LogP contribution in [0.2, 0.25) is 0 Å². The average molecular weight is 342 g/mol. The number of anilines is 1. The molecule has 1 aromatic heterocycles. The van der Waals surface area contributed by atoms with E-state index in [1.165, 1.54) is 22.6 Å². The summed E-state index contributed by atoms with van der Waals surface area (Å²) in [5.74, 6) is 2.59. The molecule has 1 unspecified atom stereocenters. The molecule has 136 valence electrons. The standard InChI is InChI=1S/C20H30N4O/c1-14(2)19-16(20(23(3)4)24(5)22-19)13-21-17-10-8-12-25-18-11-7-6-9-15(17)18/h6-7,9,11,14,17,21H,8,10,12-13H2,1-5H3. The van der Waals surface area contributed by atoms with Crippen LogP contribution in [0.25, 0.3) is 0 Å². The van der Waals surface area contributed by atoms with E-state index < -0.39 is 0 Å². The van der Waals surface area contributed by atoms with E-state index in [1.54, 1.807) is 0 Å². The van der Waals surface area contributed by atoms with Crippen molar-refractivity contribution in [2.45, 2.75) is 45.2 Å². The molecular weight excluding hydrogens is 312 g/mol. The fourth-order valence-corrected chi connectivity index (χ4v) is 3.73. The van der Waals surface area contributed by atoms with E-state index in [0.29, 0.717) is 12.0 Å². The van der Waals surface area contributed by atoms with Crippen LogP contribution in [0.5, 0.6) is 5.75 Å². The van der Waals surface area contributed by atoms with Crippen molar-refractivity contribution >= 4 is 5.82 Å². The summed E-state index contributed by atoms with van der Waals surface area (Å²) < 4.78 is 7.89. The van der Waals surface area contributed by atoms with Gasteiger partial charge in [-0.3, -0.25) is 4.68 Å². The van der Waals surface area contributed by atoms with Crippen LogP contribution in [0.3, 0.4) is 0 Å². The Labute approximate surface area is 151 Å². The van der Waals surface area contributed by atoms with Gasteiger partial charge in [0.25, 0.3) is 0 Å². The Kier molecular flexibility index (Phi) is 5.33. The number of aromatic nitrogens is 2. The van der Waals surface area contributed by atoms with Gasteiger partial charge in [0, 0.05) is 44.9 Å². The lowest BCUT2D eigenvalue weighted by Gasteiger charge is -2.21. The number of nitrogens with zero attached hydrogens (tertiary/aromatic N) is 3. The van der Waals surface area contributed by atoms with E-state index >= 15 is 0 Å². The highest BCUT2D eigenvalue weighted by atomic mass is 16.5. The van der Waals surface area contributed by atoms with Crippen LogP contribution in [0.4, 0.5) is 5.82 Å². The fraction of sp³-hybridized carbons (Fsp3) is 0.550. The number of hydrogen-bond acceptors (Lipinski definition) is 4. The number of rotatable bonds is 5. The molecule has 0 aliphatic carbocycles. The molecule has 0 amide bonds. The highest BCUT2D eigenvalue weighted by Gasteiger charge is 2.23. The van der Waals surface area contributed by atoms with Crippen LogP contribution in [0.15, 0.2) is 24.3 Å². The molecule has 3 rings (SSSR count). The summed E-state index contributed by atoms with van der Waals surface area (Å²) >= 11 is 0. The number of benzene rings is 1. The second-order valence-corrected chi connectivity index (χ2v) is 7.32. The predicted molar refractivity (Wildman–Crippen MR) is 102 cm³/mol. The molecule has 1 aliphatic heterocycles. The zero-order valence-electron chi connectivity index (χ0n) is 16.0. The molecule has 2 aromatic rings. The first-order valence-corrected chi connectivity index (χ1v) is 9.17. The molecule has 1 atom stereocenters. The first kappa shape index (κ1) is 17.8. The minimum absolute atomic E-state index is 0.314. The molecule has 1 aromatic carbocycles. The fourth-order valence-electron chi connectivity index (χ4n) is 3.73. The maximum Gasteiger partial charge on any atom is 0.130 e. The van der Waals surface area contributed by atoms with E-state index in [1.807, 2.05) is 17.8 Å². The van der Waals surface area contributed by atoms with Crippen LogP contribution < -0.4 is 15.0 Å². The minimum atomic E-state index is 0.314. The third kappa shape index (κ3) is 3.66. The molecular formula is C20H30N4O. The second kappa shape index (κ2) is 7.48. The minimum Gasteiger partial charge on any atom is -0.493 e. The molecule has 25 heavy (non-hydrogen) atoms. The van der Waals surface area contributed by atoms with Gasteiger partial charge in [-0.1, -0.05) is 32.0 Å². The summed E-state index contributed by atoms with van der Waals surface area (Å²) in [5, 5.41) is 8.55. The molecule has 1 aliphatic rings. The third-order valence-corrected chi connectivity index (χ3v) is 4.83. The van der Waals surface area contributed by atoms with Gasteiger partial charge in [0.1, 0.15) is 11.6 Å². The quantitative estimate of drug-likeness (QED) is 0.901. The van der Waals surface area contributed by atoms with Crippen LogP contribution in [0, 0.1) is 0 Å². The molecule has 5 nitrogen and oxygen atoms in total. The van der Waals surface area contributed by atoms with Gasteiger partial charge in [-0.05, 0) is 24.8 Å². The van der Waals surface area contributed by atoms with Crippen LogP contribution in [0.1, 0.15) is 55.5 Å². The molecule has 2 heterocycles. The molecule has 5 heteroatoms. The Morgan fingerprint density at radius 2 is 2.08 bits per heavy atom. The molecule has 1 N–H and O–H groups in total. The zero-order chi connectivity index (χ0) is 18.0. The van der Waals surface area contributed by atoms with Gasteiger partial charge in [0.15, 0.2) is 0 Å². The molecule has 0 saturated heterocycles. The second-order valence-electron chi connectivity index (χ2n) is 7.32. The van der Waals surface area contributed by atoms with E-state index in [4.69, 9.17) is 9.84 Å². The van der Waals surface area contributed by atoms with E-state index in [-0.39, 0.29) is 0 Å². The van der Waals surface area contributed by atoms with Gasteiger partial charge >= 0.3 is 0 Å². The molecule has 0 saturated carbocycles. The number of aryl methyl sites for hydroxylation is 1. The molecule has 0 radical (unpaired) electrons. The number of fused-ring (bicyclic) bond motifs is 1. The first-order chi connectivity index (χ1) is 12.0. The summed E-state index contributed by atoms with van der Waals surface area (Å²) in [7, 11) is 6.19. The van der Waals surface area contributed by atoms with Crippen molar-refractivity contribution in [1.29, 1.82) is 0 Å². The van der Waals surface area contributed by atoms with Crippen LogP contribution in [-0.2, 0) is 13.6 Å². The maximum atomic E-state index is 5.89. The van der Waals surface area contributed by atoms with E-state index in [2.05, 4.69) is 56.4 Å². The Morgan fingerprint density at radius 3 is 2.80 bits per heavy atom. The average Bonchev–Trinajstić information content (AvgIpc) is 2.78. The predicted octanol–water partition coefficient (Wildman–Crippen LogP) is 3.61. The SMILES string of the molecule is CC(C)c1nn(C)c(N(C)C)c1CNC1CCCOc2ccccc21. The van der Waals surface area contributed by atoms with Crippen molar-refractivity contribution in [2.24, 2.45) is 7.05 Å². The topological polar surface area (TPSA) is 42.3 Å². The lowest BCUT2D eigenvalue weighted by atomic mass is 10.0. The van der Waals surface area contributed by atoms with Gasteiger partial charge in [-0.25, -0.2) is 0 Å². The van der Waals surface area contributed by atoms with Crippen molar-refractivity contribution in [1.82, 2.24) is 15.1 Å². The van der Waals surface area contributed by atoms with Crippen molar-refractivity contribution in [3.63, 3.8) is 0 Å². The van der Waals surface area contributed by atoms with E-state index in [9.17, 15) is 0 Å². The summed E-state index contributed by atoms with van der Waals surface area (Å²) in [6.07, 6.45) is 2.16. The number of nitrogens with one attached hydrogen (secondary N) is 1. The third-order valence-electron chi connectivity index (χ3n) is 4.83. The Bertz CT molecular complexity index is 720. The Hall–Kier alpha value is -2.01. The van der Waals surface area contributed by atoms with Crippen molar-refractivity contribution in [3.05, 3.63) is 41.1 Å². The molecule has 0 bridgehead atoms. The van der Waals surface area contributed by atoms with Crippen LogP contribution >= 0.6 is 0 Å². The van der Waals surface area contributed by atoms with Gasteiger partial charge in [-0.2, -0.15) is 5.10 Å².